The summed E-state index contributed by atoms with van der Waals surface area (Å²) in [5.41, 5.74) is 5.19. The Hall–Kier alpha value is -3.19. The number of hydrogen-bond acceptors (Lipinski definition) is 8. The van der Waals surface area contributed by atoms with E-state index in [9.17, 15) is 0 Å². The summed E-state index contributed by atoms with van der Waals surface area (Å²) in [6.45, 7) is 0. The molecule has 0 aromatic heterocycles. The fourth-order valence-corrected chi connectivity index (χ4v) is 5.04. The van der Waals surface area contributed by atoms with E-state index in [1.165, 1.54) is 48.5 Å². The van der Waals surface area contributed by atoms with Crippen LogP contribution in [0.15, 0.2) is 122 Å². The molecule has 4 heterocycles. The molecule has 0 radical (unpaired) electrons. The molecule has 59 heavy (non-hydrogen) atoms. The van der Waals surface area contributed by atoms with Gasteiger partial charge in [-0.05, 0) is 20.9 Å². The minimum Gasteiger partial charge on any atom is -0.665 e. The van der Waals surface area contributed by atoms with Gasteiger partial charge in [-0.1, -0.05) is 121 Å². The van der Waals surface area contributed by atoms with E-state index in [1.807, 2.05) is 24.3 Å². The second-order valence-corrected chi connectivity index (χ2v) is 11.3. The second kappa shape index (κ2) is 29.9. The maximum atomic E-state index is 8.68. The van der Waals surface area contributed by atoms with E-state index in [1.54, 1.807) is 24.8 Å². The molecule has 0 bridgehead atoms. The van der Waals surface area contributed by atoms with Crippen molar-refractivity contribution in [1.82, 2.24) is 0 Å². The Bertz CT molecular complexity index is 1920. The number of aliphatic hydroxyl groups is 8. The van der Waals surface area contributed by atoms with Crippen LogP contribution in [0.25, 0.3) is 45.6 Å². The van der Waals surface area contributed by atoms with Crippen molar-refractivity contribution in [3.05, 3.63) is 186 Å². The molecule has 19 heteroatoms. The van der Waals surface area contributed by atoms with Crippen LogP contribution in [0.4, 0.5) is 22.7 Å². The molecule has 302 valence electrons. The normalized spacial score (nSPS) is 11.9. The van der Waals surface area contributed by atoms with E-state index in [0.717, 1.165) is 43.6 Å². The molecule has 4 aliphatic rings. The van der Waals surface area contributed by atoms with Crippen molar-refractivity contribution < 1.29 is 145 Å². The van der Waals surface area contributed by atoms with Gasteiger partial charge in [0.2, 0.25) is 0 Å². The van der Waals surface area contributed by atoms with Crippen LogP contribution in [0.1, 0.15) is 47.4 Å². The largest absolute Gasteiger partial charge is 2.00 e. The molecular weight excluding hydrogens is 1070 g/mol. The first-order valence-corrected chi connectivity index (χ1v) is 15.9. The SMILES string of the molecule is C1=C[N-]c2c3c(ccc2=C1)=CC=C[N-]3.C1=C[N-]c2c3c(ccc2=C1)=CC=C[N-]3.O.O.O.O.OC(O)c1ccc(C(O)O)cc1.OC(O)c1ccc(C(O)O)cc1.[Cd+2].[Cd+2].[Cd]. The zero-order chi connectivity index (χ0) is 37.0. The summed E-state index contributed by atoms with van der Waals surface area (Å²) >= 11 is 0. The average molecular weight is 1110 g/mol. The van der Waals surface area contributed by atoms with Gasteiger partial charge < -0.3 is 84.0 Å². The molecule has 4 aromatic carbocycles. The van der Waals surface area contributed by atoms with Gasteiger partial charge in [-0.25, -0.2) is 0 Å². The Labute approximate surface area is 399 Å². The third kappa shape index (κ3) is 17.0. The summed E-state index contributed by atoms with van der Waals surface area (Å²) in [5.74, 6) is 0. The quantitative estimate of drug-likeness (QED) is 0.106. The van der Waals surface area contributed by atoms with Crippen molar-refractivity contribution in [3.63, 3.8) is 0 Å². The van der Waals surface area contributed by atoms with Crippen molar-refractivity contribution >= 4 is 47.1 Å². The number of hydrogen-bond donors (Lipinski definition) is 8. The summed E-state index contributed by atoms with van der Waals surface area (Å²) in [6, 6.07) is 19.6. The Kier molecular flexibility index (Phi) is 30.5. The Morgan fingerprint density at radius 3 is 0.627 bits per heavy atom. The monoisotopic (exact) mass is 1110 g/mol. The standard InChI is InChI=1S/2C12H8N2.2C8H10O4.3Cd.4H2O/c2*1-3-9-5-6-10-4-2-8-14-12(10)11(9)13-7-1;2*9-7(10)5-1-2-6(4-3-5)8(11)12;;;;;;;/h2*1-8H;2*1-4,7-12H;;;;4*1H2/q2*-2;;;;2*+2;;;;. The van der Waals surface area contributed by atoms with Gasteiger partial charge in [0, 0.05) is 49.6 Å². The van der Waals surface area contributed by atoms with Crippen LogP contribution in [0.5, 0.6) is 0 Å². The number of rotatable bonds is 4. The molecule has 16 nitrogen and oxygen atoms in total. The maximum absolute atomic E-state index is 8.68. The number of nitrogens with zero attached hydrogens (tertiary/aromatic N) is 4. The smallest absolute Gasteiger partial charge is 0.665 e. The molecule has 0 saturated carbocycles. The van der Waals surface area contributed by atoms with Crippen LogP contribution in [-0.2, 0) is 81.9 Å². The predicted octanol–water partition coefficient (Wildman–Crippen LogP) is 0.625. The molecule has 8 rings (SSSR count). The first-order valence-electron chi connectivity index (χ1n) is 15.9. The molecule has 4 aliphatic heterocycles. The fourth-order valence-electron chi connectivity index (χ4n) is 5.04. The molecule has 0 spiro atoms. The summed E-state index contributed by atoms with van der Waals surface area (Å²) < 4.78 is 0. The van der Waals surface area contributed by atoms with E-state index >= 15 is 0 Å². The molecule has 4 aromatic rings. The second-order valence-electron chi connectivity index (χ2n) is 11.3. The van der Waals surface area contributed by atoms with Crippen LogP contribution in [0, 0.1) is 0 Å². The van der Waals surface area contributed by atoms with Crippen LogP contribution in [0.2, 0.25) is 0 Å². The molecule has 16 N–H and O–H groups in total. The fraction of sp³-hybridized carbons (Fsp3) is 0.100. The molecular formula is C40H44Cd3N4O12. The van der Waals surface area contributed by atoms with Gasteiger partial charge in [0.1, 0.15) is 0 Å². The van der Waals surface area contributed by atoms with Crippen LogP contribution >= 0.6 is 0 Å². The number of benzene rings is 4. The summed E-state index contributed by atoms with van der Waals surface area (Å²) in [5, 5.41) is 91.4. The van der Waals surface area contributed by atoms with Gasteiger partial charge in [-0.3, -0.25) is 0 Å². The summed E-state index contributed by atoms with van der Waals surface area (Å²) in [7, 11) is 0. The minimum absolute atomic E-state index is 0. The minimum atomic E-state index is -1.52. The van der Waals surface area contributed by atoms with Gasteiger partial charge in [0.15, 0.2) is 25.2 Å². The van der Waals surface area contributed by atoms with Crippen LogP contribution in [-0.4, -0.2) is 62.8 Å². The molecule has 0 atom stereocenters. The third-order valence-electron chi connectivity index (χ3n) is 7.75. The first kappa shape index (κ1) is 60.1. The van der Waals surface area contributed by atoms with E-state index in [2.05, 4.69) is 69.8 Å². The Balaban J connectivity index is -0.000000684. The zero-order valence-corrected chi connectivity index (χ0v) is 43.8. The van der Waals surface area contributed by atoms with Gasteiger partial charge in [-0.15, -0.1) is 22.7 Å². The van der Waals surface area contributed by atoms with E-state index in [4.69, 9.17) is 40.9 Å². The number of aliphatic hydroxyl groups excluding tert-OH is 4. The van der Waals surface area contributed by atoms with Gasteiger partial charge in [0.05, 0.1) is 0 Å². The zero-order valence-electron chi connectivity index (χ0n) is 31.7. The maximum Gasteiger partial charge on any atom is 2.00 e. The number of allylic oxidation sites excluding steroid dienone is 4. The van der Waals surface area contributed by atoms with Crippen molar-refractivity contribution in [1.29, 1.82) is 0 Å². The van der Waals surface area contributed by atoms with E-state index in [0.29, 0.717) is 22.3 Å². The molecule has 0 aliphatic carbocycles. The van der Waals surface area contributed by atoms with Gasteiger partial charge in [0.25, 0.3) is 0 Å². The first-order chi connectivity index (χ1) is 25.1. The van der Waals surface area contributed by atoms with Crippen LogP contribution < -0.4 is 20.9 Å². The van der Waals surface area contributed by atoms with Gasteiger partial charge >= 0.3 is 54.6 Å². The van der Waals surface area contributed by atoms with E-state index in [-0.39, 0.29) is 104 Å². The predicted molar refractivity (Wildman–Crippen MR) is 214 cm³/mol. The third-order valence-corrected chi connectivity index (χ3v) is 7.75. The molecule has 0 fully saturated rings. The average Bonchev–Trinajstić information content (AvgIpc) is 3.18. The Morgan fingerprint density at radius 2 is 0.475 bits per heavy atom. The molecule has 0 amide bonds. The topological polar surface area (TPSA) is 344 Å². The van der Waals surface area contributed by atoms with Crippen molar-refractivity contribution in [2.75, 3.05) is 0 Å². The molecule has 0 unspecified atom stereocenters. The van der Waals surface area contributed by atoms with Gasteiger partial charge in [-0.2, -0.15) is 24.8 Å². The Morgan fingerprint density at radius 1 is 0.305 bits per heavy atom. The van der Waals surface area contributed by atoms with E-state index < -0.39 is 25.2 Å². The van der Waals surface area contributed by atoms with Crippen molar-refractivity contribution in [2.24, 2.45) is 0 Å². The summed E-state index contributed by atoms with van der Waals surface area (Å²) in [6.07, 6.45) is 17.1. The van der Waals surface area contributed by atoms with Crippen molar-refractivity contribution in [2.45, 2.75) is 25.2 Å². The number of fused-ring (bicyclic) bond motifs is 6. The molecule has 0 saturated heterocycles. The van der Waals surface area contributed by atoms with Crippen LogP contribution in [0.3, 0.4) is 0 Å². The van der Waals surface area contributed by atoms with Crippen molar-refractivity contribution in [3.8, 4) is 0 Å². The summed E-state index contributed by atoms with van der Waals surface area (Å²) in [4.78, 5) is 0.